The molecule has 0 heterocycles. The summed E-state index contributed by atoms with van der Waals surface area (Å²) in [6.07, 6.45) is 7.96. The molecule has 0 aliphatic heterocycles. The molecule has 0 bridgehead atoms. The Morgan fingerprint density at radius 2 is 2.11 bits per heavy atom. The van der Waals surface area contributed by atoms with Crippen molar-refractivity contribution >= 4 is 5.97 Å². The smallest absolute Gasteiger partial charge is 0.307 e. The lowest BCUT2D eigenvalue weighted by atomic mass is 9.61. The number of rotatable bonds is 2. The second kappa shape index (κ2) is 3.38. The average Bonchev–Trinajstić information content (AvgIpc) is 2.87. The molecule has 0 amide bonds. The molecule has 0 radical (unpaired) electrons. The van der Waals surface area contributed by atoms with Crippen LogP contribution < -0.4 is 0 Å². The van der Waals surface area contributed by atoms with E-state index >= 15 is 0 Å². The number of aliphatic hydroxyl groups excluding tert-OH is 1. The number of carbonyl (C=O) groups is 1. The Hall–Kier alpha value is -0.830. The molecule has 2 N–H and O–H groups in total. The van der Waals surface area contributed by atoms with Crippen molar-refractivity contribution in [3.63, 3.8) is 0 Å². The van der Waals surface area contributed by atoms with E-state index in [0.29, 0.717) is 5.92 Å². The molecule has 0 aromatic heterocycles. The van der Waals surface area contributed by atoms with Crippen LogP contribution in [0.2, 0.25) is 0 Å². The maximum Gasteiger partial charge on any atom is 0.307 e. The Labute approximate surface area is 108 Å². The van der Waals surface area contributed by atoms with Gasteiger partial charge in [0.05, 0.1) is 5.92 Å². The third-order valence-electron chi connectivity index (χ3n) is 6.20. The van der Waals surface area contributed by atoms with E-state index < -0.39 is 5.97 Å². The molecule has 0 aromatic carbocycles. The Bertz CT molecular complexity index is 429. The monoisotopic (exact) mass is 250 g/mol. The molecular weight excluding hydrogens is 228 g/mol. The summed E-state index contributed by atoms with van der Waals surface area (Å²) in [6, 6.07) is 0. The van der Waals surface area contributed by atoms with Crippen molar-refractivity contribution in [3.05, 3.63) is 12.2 Å². The fraction of sp³-hybridized carbons (Fsp3) is 0.800. The summed E-state index contributed by atoms with van der Waals surface area (Å²) >= 11 is 0. The molecule has 3 rings (SSSR count). The van der Waals surface area contributed by atoms with Gasteiger partial charge in [-0.05, 0) is 42.4 Å². The van der Waals surface area contributed by atoms with Crippen LogP contribution in [0.25, 0.3) is 0 Å². The highest BCUT2D eigenvalue weighted by molar-refractivity contribution is 5.73. The lowest BCUT2D eigenvalue weighted by Crippen LogP contribution is -2.41. The van der Waals surface area contributed by atoms with Gasteiger partial charge in [-0.25, -0.2) is 0 Å². The number of hydrogen-bond donors (Lipinski definition) is 2. The van der Waals surface area contributed by atoms with E-state index in [1.54, 1.807) is 0 Å². The highest BCUT2D eigenvalue weighted by Gasteiger charge is 2.71. The van der Waals surface area contributed by atoms with Crippen molar-refractivity contribution in [2.45, 2.75) is 39.5 Å². The van der Waals surface area contributed by atoms with E-state index in [9.17, 15) is 15.0 Å². The Balaban J connectivity index is 2.14. The van der Waals surface area contributed by atoms with E-state index in [2.05, 4.69) is 26.0 Å². The first-order valence-corrected chi connectivity index (χ1v) is 6.91. The molecular formula is C15H22O3. The zero-order valence-corrected chi connectivity index (χ0v) is 11.1. The second-order valence-electron chi connectivity index (χ2n) is 7.11. The van der Waals surface area contributed by atoms with Crippen molar-refractivity contribution in [2.24, 2.45) is 28.1 Å². The van der Waals surface area contributed by atoms with Crippen LogP contribution in [0.4, 0.5) is 0 Å². The standard InChI is InChI=1S/C15H22O3/c1-13(9-16)8-14(2)6-3-7-15(14)10(12(17)18)4-5-11(13)15/h3,7,10-11,16H,4-6,8-9H2,1-2H3,(H,17,18)/t10-,11-,13-,14-,15+/m0/s1. The summed E-state index contributed by atoms with van der Waals surface area (Å²) in [5.41, 5.74) is -0.297. The zero-order valence-electron chi connectivity index (χ0n) is 11.1. The van der Waals surface area contributed by atoms with Gasteiger partial charge in [-0.2, -0.15) is 0 Å². The van der Waals surface area contributed by atoms with Gasteiger partial charge in [-0.15, -0.1) is 0 Å². The predicted molar refractivity (Wildman–Crippen MR) is 68.0 cm³/mol. The summed E-state index contributed by atoms with van der Waals surface area (Å²) < 4.78 is 0. The first-order chi connectivity index (χ1) is 8.40. The van der Waals surface area contributed by atoms with Crippen LogP contribution in [0.15, 0.2) is 12.2 Å². The van der Waals surface area contributed by atoms with Gasteiger partial charge in [-0.3, -0.25) is 4.79 Å². The van der Waals surface area contributed by atoms with Gasteiger partial charge >= 0.3 is 5.97 Å². The number of aliphatic carboxylic acids is 1. The molecule has 0 unspecified atom stereocenters. The summed E-state index contributed by atoms with van der Waals surface area (Å²) in [6.45, 7) is 4.54. The lowest BCUT2D eigenvalue weighted by molar-refractivity contribution is -0.147. The van der Waals surface area contributed by atoms with E-state index in [0.717, 1.165) is 25.7 Å². The molecule has 0 aromatic rings. The quantitative estimate of drug-likeness (QED) is 0.740. The van der Waals surface area contributed by atoms with Crippen LogP contribution in [-0.2, 0) is 4.79 Å². The summed E-state index contributed by atoms with van der Waals surface area (Å²) in [4.78, 5) is 11.6. The van der Waals surface area contributed by atoms with E-state index in [1.807, 2.05) is 0 Å². The Morgan fingerprint density at radius 3 is 2.72 bits per heavy atom. The van der Waals surface area contributed by atoms with Crippen LogP contribution >= 0.6 is 0 Å². The van der Waals surface area contributed by atoms with Crippen molar-refractivity contribution in [3.8, 4) is 0 Å². The minimum absolute atomic E-state index is 0.0225. The lowest BCUT2D eigenvalue weighted by Gasteiger charge is -2.41. The van der Waals surface area contributed by atoms with Gasteiger partial charge in [0, 0.05) is 12.0 Å². The summed E-state index contributed by atoms with van der Waals surface area (Å²) in [7, 11) is 0. The highest BCUT2D eigenvalue weighted by atomic mass is 16.4. The van der Waals surface area contributed by atoms with E-state index in [4.69, 9.17) is 0 Å². The van der Waals surface area contributed by atoms with Crippen LogP contribution in [-0.4, -0.2) is 22.8 Å². The van der Waals surface area contributed by atoms with Gasteiger partial charge in [0.1, 0.15) is 0 Å². The zero-order chi connectivity index (χ0) is 13.2. The van der Waals surface area contributed by atoms with Crippen molar-refractivity contribution < 1.29 is 15.0 Å². The van der Waals surface area contributed by atoms with Crippen LogP contribution in [0.3, 0.4) is 0 Å². The maximum absolute atomic E-state index is 11.6. The van der Waals surface area contributed by atoms with Crippen LogP contribution in [0, 0.1) is 28.1 Å². The SMILES string of the molecule is C[C@@]1(CO)C[C@]2(C)CC=C[C@]23[C@H](C(=O)O)CC[C@@H]13. The predicted octanol–water partition coefficient (Wildman–Crippen LogP) is 2.45. The van der Waals surface area contributed by atoms with Gasteiger partial charge in [0.2, 0.25) is 0 Å². The normalized spacial score (nSPS) is 53.5. The molecule has 3 heteroatoms. The minimum atomic E-state index is -0.655. The van der Waals surface area contributed by atoms with Crippen molar-refractivity contribution in [2.75, 3.05) is 6.61 Å². The second-order valence-corrected chi connectivity index (χ2v) is 7.11. The third-order valence-corrected chi connectivity index (χ3v) is 6.20. The molecule has 2 saturated carbocycles. The average molecular weight is 250 g/mol. The van der Waals surface area contributed by atoms with E-state index in [-0.39, 0.29) is 28.8 Å². The Kier molecular flexibility index (Phi) is 2.30. The molecule has 2 fully saturated rings. The molecule has 3 aliphatic rings. The maximum atomic E-state index is 11.6. The first-order valence-electron chi connectivity index (χ1n) is 6.91. The van der Waals surface area contributed by atoms with Gasteiger partial charge in [0.25, 0.3) is 0 Å². The van der Waals surface area contributed by atoms with Crippen molar-refractivity contribution in [1.82, 2.24) is 0 Å². The molecule has 3 nitrogen and oxygen atoms in total. The van der Waals surface area contributed by atoms with Gasteiger partial charge < -0.3 is 10.2 Å². The number of allylic oxidation sites excluding steroid dienone is 2. The van der Waals surface area contributed by atoms with Crippen molar-refractivity contribution in [1.29, 1.82) is 0 Å². The first kappa shape index (κ1) is 12.2. The minimum Gasteiger partial charge on any atom is -0.481 e. The molecule has 3 aliphatic carbocycles. The fourth-order valence-corrected chi connectivity index (χ4v) is 5.68. The molecule has 5 atom stereocenters. The number of aliphatic hydroxyl groups is 1. The third kappa shape index (κ3) is 1.12. The largest absolute Gasteiger partial charge is 0.481 e. The fourth-order valence-electron chi connectivity index (χ4n) is 5.68. The summed E-state index contributed by atoms with van der Waals surface area (Å²) in [5.74, 6) is -0.600. The topological polar surface area (TPSA) is 57.5 Å². The highest BCUT2D eigenvalue weighted by Crippen LogP contribution is 2.75. The van der Waals surface area contributed by atoms with E-state index in [1.165, 1.54) is 0 Å². The van der Waals surface area contributed by atoms with Gasteiger partial charge in [0.15, 0.2) is 0 Å². The molecule has 1 spiro atoms. The number of carboxylic acids is 1. The molecule has 100 valence electrons. The summed E-state index contributed by atoms with van der Waals surface area (Å²) in [5, 5.41) is 19.4. The van der Waals surface area contributed by atoms with Crippen LogP contribution in [0.5, 0.6) is 0 Å². The Morgan fingerprint density at radius 1 is 1.39 bits per heavy atom. The molecule has 0 saturated heterocycles. The molecule has 18 heavy (non-hydrogen) atoms. The number of hydrogen-bond acceptors (Lipinski definition) is 2. The van der Waals surface area contributed by atoms with Gasteiger partial charge in [-0.1, -0.05) is 26.0 Å². The number of carboxylic acid groups (broad SMARTS) is 1. The van der Waals surface area contributed by atoms with Crippen LogP contribution in [0.1, 0.15) is 39.5 Å².